The van der Waals surface area contributed by atoms with Gasteiger partial charge in [0.2, 0.25) is 0 Å². The summed E-state index contributed by atoms with van der Waals surface area (Å²) in [6.45, 7) is 15.1. The molecule has 1 aromatic heterocycles. The number of aromatic nitrogens is 1. The van der Waals surface area contributed by atoms with Crippen LogP contribution in [0.15, 0.2) is 39.7 Å². The number of allylic oxidation sites excluding steroid dienone is 1. The molecule has 2 aliphatic rings. The van der Waals surface area contributed by atoms with Crippen LogP contribution in [0, 0.1) is 6.92 Å². The number of pyridine rings is 1. The molecule has 0 aromatic carbocycles. The fraction of sp³-hybridized carbons (Fsp3) is 0.500. The molecule has 0 atom stereocenters. The standard InChI is InChI=1S/C22H30N4O/c1-14(2)19(16(4)20(23-6)25-22(5)10-11-22)21(27)26-12-9-18-17(13-26)8-7-15(3)24-18/h7-8,25H,6,9-13H2,1-5H3/b20-16-. The van der Waals surface area contributed by atoms with E-state index in [1.807, 2.05) is 38.7 Å². The second-order valence-electron chi connectivity index (χ2n) is 8.23. The van der Waals surface area contributed by atoms with Gasteiger partial charge in [0.1, 0.15) is 5.82 Å². The lowest BCUT2D eigenvalue weighted by Crippen LogP contribution is -2.38. The third-order valence-electron chi connectivity index (χ3n) is 5.50. The second kappa shape index (κ2) is 7.29. The fourth-order valence-electron chi connectivity index (χ4n) is 3.57. The van der Waals surface area contributed by atoms with Crippen LogP contribution in [-0.4, -0.2) is 34.6 Å². The van der Waals surface area contributed by atoms with E-state index in [9.17, 15) is 4.79 Å². The summed E-state index contributed by atoms with van der Waals surface area (Å²) >= 11 is 0. The zero-order valence-corrected chi connectivity index (χ0v) is 17.1. The molecule has 0 unspecified atom stereocenters. The van der Waals surface area contributed by atoms with E-state index in [4.69, 9.17) is 0 Å². The molecule has 0 bridgehead atoms. The lowest BCUT2D eigenvalue weighted by atomic mass is 9.98. The Balaban J connectivity index is 1.87. The molecular formula is C22H30N4O. The highest BCUT2D eigenvalue weighted by atomic mass is 16.2. The van der Waals surface area contributed by atoms with E-state index in [1.54, 1.807) is 0 Å². The van der Waals surface area contributed by atoms with Crippen LogP contribution in [0.1, 0.15) is 57.5 Å². The van der Waals surface area contributed by atoms with Crippen molar-refractivity contribution in [3.05, 3.63) is 51.6 Å². The maximum Gasteiger partial charge on any atom is 0.254 e. The van der Waals surface area contributed by atoms with Crippen molar-refractivity contribution < 1.29 is 4.79 Å². The van der Waals surface area contributed by atoms with E-state index in [-0.39, 0.29) is 11.4 Å². The molecule has 1 aliphatic carbocycles. The molecule has 3 rings (SSSR count). The van der Waals surface area contributed by atoms with Crippen LogP contribution in [0.5, 0.6) is 0 Å². The molecule has 1 aromatic rings. The molecule has 27 heavy (non-hydrogen) atoms. The van der Waals surface area contributed by atoms with Crippen LogP contribution in [0.25, 0.3) is 0 Å². The number of fused-ring (bicyclic) bond motifs is 1. The van der Waals surface area contributed by atoms with E-state index < -0.39 is 0 Å². The Morgan fingerprint density at radius 1 is 1.30 bits per heavy atom. The van der Waals surface area contributed by atoms with Gasteiger partial charge in [0.15, 0.2) is 0 Å². The third-order valence-corrected chi connectivity index (χ3v) is 5.50. The van der Waals surface area contributed by atoms with Crippen molar-refractivity contribution in [1.29, 1.82) is 0 Å². The number of hydrogen-bond acceptors (Lipinski definition) is 4. The molecule has 2 heterocycles. The Bertz CT molecular complexity index is 842. The number of hydrogen-bond donors (Lipinski definition) is 1. The average molecular weight is 367 g/mol. The highest BCUT2D eigenvalue weighted by Crippen LogP contribution is 2.36. The van der Waals surface area contributed by atoms with Crippen molar-refractivity contribution in [2.75, 3.05) is 6.54 Å². The highest BCUT2D eigenvalue weighted by molar-refractivity contribution is 5.98. The summed E-state index contributed by atoms with van der Waals surface area (Å²) in [6, 6.07) is 4.11. The molecule has 5 nitrogen and oxygen atoms in total. The van der Waals surface area contributed by atoms with Crippen molar-refractivity contribution in [3.63, 3.8) is 0 Å². The topological polar surface area (TPSA) is 57.6 Å². The minimum Gasteiger partial charge on any atom is -0.365 e. The molecule has 0 radical (unpaired) electrons. The van der Waals surface area contributed by atoms with E-state index in [1.165, 1.54) is 0 Å². The van der Waals surface area contributed by atoms with Crippen LogP contribution < -0.4 is 5.32 Å². The molecule has 1 saturated carbocycles. The summed E-state index contributed by atoms with van der Waals surface area (Å²) in [4.78, 5) is 24.1. The summed E-state index contributed by atoms with van der Waals surface area (Å²) < 4.78 is 0. The monoisotopic (exact) mass is 366 g/mol. The lowest BCUT2D eigenvalue weighted by Gasteiger charge is -2.30. The molecule has 0 saturated heterocycles. The molecular weight excluding hydrogens is 336 g/mol. The number of nitrogens with zero attached hydrogens (tertiary/aromatic N) is 3. The van der Waals surface area contributed by atoms with Gasteiger partial charge in [0.05, 0.1) is 0 Å². The maximum atomic E-state index is 13.4. The first-order valence-electron chi connectivity index (χ1n) is 9.62. The van der Waals surface area contributed by atoms with Crippen LogP contribution >= 0.6 is 0 Å². The van der Waals surface area contributed by atoms with E-state index in [0.29, 0.717) is 18.9 Å². The molecule has 1 aliphatic heterocycles. The van der Waals surface area contributed by atoms with Gasteiger partial charge >= 0.3 is 0 Å². The second-order valence-corrected chi connectivity index (χ2v) is 8.23. The first kappa shape index (κ1) is 19.3. The molecule has 144 valence electrons. The van der Waals surface area contributed by atoms with Gasteiger partial charge in [-0.1, -0.05) is 11.6 Å². The Morgan fingerprint density at radius 2 is 2.00 bits per heavy atom. The molecule has 5 heteroatoms. The number of aryl methyl sites for hydroxylation is 1. The smallest absolute Gasteiger partial charge is 0.254 e. The van der Waals surface area contributed by atoms with E-state index >= 15 is 0 Å². The minimum atomic E-state index is 0.0580. The van der Waals surface area contributed by atoms with Crippen molar-refractivity contribution in [2.45, 2.75) is 66.0 Å². The van der Waals surface area contributed by atoms with Gasteiger partial charge < -0.3 is 10.2 Å². The number of nitrogens with one attached hydrogen (secondary N) is 1. The van der Waals surface area contributed by atoms with Crippen LogP contribution in [0.2, 0.25) is 0 Å². The number of rotatable bonds is 5. The Labute approximate surface area is 162 Å². The van der Waals surface area contributed by atoms with Gasteiger partial charge in [0, 0.05) is 47.6 Å². The van der Waals surface area contributed by atoms with Gasteiger partial charge in [-0.3, -0.25) is 9.78 Å². The Kier molecular flexibility index (Phi) is 5.22. The van der Waals surface area contributed by atoms with Crippen LogP contribution in [0.4, 0.5) is 0 Å². The zero-order chi connectivity index (χ0) is 19.8. The third kappa shape index (κ3) is 4.12. The predicted octanol–water partition coefficient (Wildman–Crippen LogP) is 3.69. The van der Waals surface area contributed by atoms with Gasteiger partial charge in [-0.25, -0.2) is 4.99 Å². The van der Waals surface area contributed by atoms with Crippen LogP contribution in [0.3, 0.4) is 0 Å². The largest absolute Gasteiger partial charge is 0.365 e. The predicted molar refractivity (Wildman–Crippen MR) is 109 cm³/mol. The Hall–Kier alpha value is -2.43. The quantitative estimate of drug-likeness (QED) is 0.491. The molecule has 1 fully saturated rings. The number of aliphatic imine (C=N–C) groups is 1. The van der Waals surface area contributed by atoms with Gasteiger partial charge in [-0.05, 0) is 65.8 Å². The van der Waals surface area contributed by atoms with Gasteiger partial charge in [-0.15, -0.1) is 0 Å². The summed E-state index contributed by atoms with van der Waals surface area (Å²) in [7, 11) is 0. The highest BCUT2D eigenvalue weighted by Gasteiger charge is 2.38. The number of carbonyl (C=O) groups is 1. The first-order valence-corrected chi connectivity index (χ1v) is 9.62. The van der Waals surface area contributed by atoms with E-state index in [0.717, 1.165) is 52.9 Å². The van der Waals surface area contributed by atoms with Crippen molar-refractivity contribution in [1.82, 2.24) is 15.2 Å². The molecule has 0 spiro atoms. The fourth-order valence-corrected chi connectivity index (χ4v) is 3.57. The first-order chi connectivity index (χ1) is 12.7. The molecule has 1 amide bonds. The average Bonchev–Trinajstić information content (AvgIpc) is 3.36. The minimum absolute atomic E-state index is 0.0580. The SMILES string of the molecule is C=N/C(NC1(C)CC1)=C(\C)C(C(=O)N1CCc2nc(C)ccc2C1)=C(C)C. The van der Waals surface area contributed by atoms with Gasteiger partial charge in [0.25, 0.3) is 5.91 Å². The number of amides is 1. The summed E-state index contributed by atoms with van der Waals surface area (Å²) in [5.74, 6) is 0.775. The Morgan fingerprint density at radius 3 is 2.59 bits per heavy atom. The summed E-state index contributed by atoms with van der Waals surface area (Å²) in [6.07, 6.45) is 3.03. The number of carbonyl (C=O) groups excluding carboxylic acids is 1. The van der Waals surface area contributed by atoms with Gasteiger partial charge in [-0.2, -0.15) is 0 Å². The van der Waals surface area contributed by atoms with Crippen molar-refractivity contribution in [2.24, 2.45) is 4.99 Å². The zero-order valence-electron chi connectivity index (χ0n) is 17.1. The van der Waals surface area contributed by atoms with Crippen molar-refractivity contribution in [3.8, 4) is 0 Å². The summed E-state index contributed by atoms with van der Waals surface area (Å²) in [5.41, 5.74) is 5.96. The molecule has 1 N–H and O–H groups in total. The lowest BCUT2D eigenvalue weighted by molar-refractivity contribution is -0.127. The van der Waals surface area contributed by atoms with Crippen molar-refractivity contribution >= 4 is 12.6 Å². The maximum absolute atomic E-state index is 13.4. The van der Waals surface area contributed by atoms with Crippen LogP contribution in [-0.2, 0) is 17.8 Å². The normalized spacial score (nSPS) is 18.2. The summed E-state index contributed by atoms with van der Waals surface area (Å²) in [5, 5.41) is 3.47. The van der Waals surface area contributed by atoms with E-state index in [2.05, 4.69) is 35.0 Å².